The Hall–Kier alpha value is -2.16. The van der Waals surface area contributed by atoms with Gasteiger partial charge in [-0.15, -0.1) is 0 Å². The summed E-state index contributed by atoms with van der Waals surface area (Å²) in [6.45, 7) is 10.2. The fourth-order valence-electron chi connectivity index (χ4n) is 2.55. The summed E-state index contributed by atoms with van der Waals surface area (Å²) in [6, 6.07) is 5.89. The lowest BCUT2D eigenvalue weighted by atomic mass is 10.1. The molecular weight excluding hydrogens is 272 g/mol. The second kappa shape index (κ2) is 7.74. The fourth-order valence-corrected chi connectivity index (χ4v) is 2.55. The monoisotopic (exact) mass is 298 g/mol. The molecule has 1 aromatic carbocycles. The Morgan fingerprint density at radius 1 is 1.18 bits per heavy atom. The van der Waals surface area contributed by atoms with Crippen LogP contribution in [0.5, 0.6) is 5.75 Å². The summed E-state index contributed by atoms with van der Waals surface area (Å²) >= 11 is 0. The maximum Gasteiger partial charge on any atom is 0.124 e. The number of benzene rings is 1. The molecular formula is C19H26N2O. The van der Waals surface area contributed by atoms with E-state index >= 15 is 0 Å². The zero-order chi connectivity index (χ0) is 15.9. The summed E-state index contributed by atoms with van der Waals surface area (Å²) < 4.78 is 0. The Morgan fingerprint density at radius 2 is 1.95 bits per heavy atom. The molecule has 1 N–H and O–H groups in total. The van der Waals surface area contributed by atoms with Crippen molar-refractivity contribution in [3.8, 4) is 5.75 Å². The topological polar surface area (TPSA) is 26.7 Å². The molecule has 3 nitrogen and oxygen atoms in total. The SMILES string of the molecule is CCN1C=CC(/C=C/c2ccc(N(CC)CC)cc2O)=CC1. The molecule has 0 amide bonds. The molecule has 0 saturated heterocycles. The summed E-state index contributed by atoms with van der Waals surface area (Å²) in [5.74, 6) is 0.330. The molecule has 1 aromatic rings. The minimum Gasteiger partial charge on any atom is -0.507 e. The second-order valence-corrected chi connectivity index (χ2v) is 5.36. The molecule has 3 heteroatoms. The predicted molar refractivity (Wildman–Crippen MR) is 95.2 cm³/mol. The Labute approximate surface area is 133 Å². The molecule has 0 bridgehead atoms. The van der Waals surface area contributed by atoms with Gasteiger partial charge in [0.15, 0.2) is 0 Å². The largest absolute Gasteiger partial charge is 0.507 e. The standard InChI is InChI=1S/C19H26N2O/c1-4-20-13-11-16(12-14-20)7-8-17-9-10-18(15-19(17)22)21(5-2)6-3/h7-13,15,22H,4-6,14H2,1-3H3/b8-7+. The number of hydrogen-bond donors (Lipinski definition) is 1. The molecule has 0 atom stereocenters. The Bertz CT molecular complexity index is 583. The number of phenols is 1. The van der Waals surface area contributed by atoms with Crippen LogP contribution in [0, 0.1) is 0 Å². The van der Waals surface area contributed by atoms with E-state index < -0.39 is 0 Å². The van der Waals surface area contributed by atoms with Gasteiger partial charge in [-0.1, -0.05) is 18.2 Å². The predicted octanol–water partition coefficient (Wildman–Crippen LogP) is 4.03. The Morgan fingerprint density at radius 3 is 2.50 bits per heavy atom. The van der Waals surface area contributed by atoms with Crippen LogP contribution in [0.15, 0.2) is 48.2 Å². The number of allylic oxidation sites excluding steroid dienone is 3. The number of likely N-dealkylation sites (N-methyl/N-ethyl adjacent to an activating group) is 1. The van der Waals surface area contributed by atoms with E-state index in [9.17, 15) is 5.11 Å². The number of rotatable bonds is 6. The molecule has 118 valence electrons. The maximum absolute atomic E-state index is 10.2. The highest BCUT2D eigenvalue weighted by Gasteiger charge is 2.05. The fraction of sp³-hybridized carbons (Fsp3) is 0.368. The van der Waals surface area contributed by atoms with E-state index in [-0.39, 0.29) is 0 Å². The normalized spacial score (nSPS) is 14.5. The Balaban J connectivity index is 2.09. The van der Waals surface area contributed by atoms with Gasteiger partial charge in [-0.25, -0.2) is 0 Å². The lowest BCUT2D eigenvalue weighted by Crippen LogP contribution is -2.21. The van der Waals surface area contributed by atoms with Gasteiger partial charge in [0.05, 0.1) is 0 Å². The highest BCUT2D eigenvalue weighted by Crippen LogP contribution is 2.26. The number of anilines is 1. The lowest BCUT2D eigenvalue weighted by Gasteiger charge is -2.21. The van der Waals surface area contributed by atoms with Crippen LogP contribution in [0.25, 0.3) is 6.08 Å². The van der Waals surface area contributed by atoms with Gasteiger partial charge in [0.1, 0.15) is 5.75 Å². The number of aromatic hydroxyl groups is 1. The van der Waals surface area contributed by atoms with Gasteiger partial charge in [-0.3, -0.25) is 0 Å². The summed E-state index contributed by atoms with van der Waals surface area (Å²) in [5.41, 5.74) is 3.09. The first-order valence-corrected chi connectivity index (χ1v) is 8.06. The molecule has 1 heterocycles. The molecule has 0 aromatic heterocycles. The third-order valence-electron chi connectivity index (χ3n) is 4.04. The van der Waals surface area contributed by atoms with Crippen molar-refractivity contribution in [2.75, 3.05) is 31.1 Å². The van der Waals surface area contributed by atoms with E-state index in [2.05, 4.69) is 61.1 Å². The highest BCUT2D eigenvalue weighted by atomic mass is 16.3. The van der Waals surface area contributed by atoms with Crippen LogP contribution in [0.1, 0.15) is 26.3 Å². The molecule has 0 saturated carbocycles. The van der Waals surface area contributed by atoms with Crippen molar-refractivity contribution in [1.29, 1.82) is 0 Å². The van der Waals surface area contributed by atoms with Gasteiger partial charge in [0, 0.05) is 43.5 Å². The van der Waals surface area contributed by atoms with Gasteiger partial charge < -0.3 is 14.9 Å². The van der Waals surface area contributed by atoms with E-state index in [4.69, 9.17) is 0 Å². The number of phenolic OH excluding ortho intramolecular Hbond substituents is 1. The second-order valence-electron chi connectivity index (χ2n) is 5.36. The van der Waals surface area contributed by atoms with Crippen molar-refractivity contribution in [3.05, 3.63) is 53.8 Å². The van der Waals surface area contributed by atoms with Crippen LogP contribution in [0.3, 0.4) is 0 Å². The summed E-state index contributed by atoms with van der Waals surface area (Å²) in [6.07, 6.45) is 10.4. The molecule has 22 heavy (non-hydrogen) atoms. The molecule has 1 aliphatic rings. The minimum absolute atomic E-state index is 0.330. The summed E-state index contributed by atoms with van der Waals surface area (Å²) in [7, 11) is 0. The average Bonchev–Trinajstić information content (AvgIpc) is 2.55. The van der Waals surface area contributed by atoms with Gasteiger partial charge in [-0.05, 0) is 50.8 Å². The molecule has 0 radical (unpaired) electrons. The van der Waals surface area contributed by atoms with Crippen LogP contribution >= 0.6 is 0 Å². The smallest absolute Gasteiger partial charge is 0.124 e. The first-order chi connectivity index (χ1) is 10.7. The van der Waals surface area contributed by atoms with E-state index in [1.165, 1.54) is 5.57 Å². The van der Waals surface area contributed by atoms with Gasteiger partial charge in [-0.2, -0.15) is 0 Å². The first-order valence-electron chi connectivity index (χ1n) is 8.06. The molecule has 0 spiro atoms. The maximum atomic E-state index is 10.2. The van der Waals surface area contributed by atoms with Crippen molar-refractivity contribution < 1.29 is 5.11 Å². The van der Waals surface area contributed by atoms with Crippen LogP contribution < -0.4 is 4.90 Å². The lowest BCUT2D eigenvalue weighted by molar-refractivity contribution is 0.434. The van der Waals surface area contributed by atoms with Crippen LogP contribution in [-0.4, -0.2) is 36.2 Å². The molecule has 0 unspecified atom stereocenters. The van der Waals surface area contributed by atoms with Crippen LogP contribution in [-0.2, 0) is 0 Å². The van der Waals surface area contributed by atoms with Crippen molar-refractivity contribution in [1.82, 2.24) is 4.90 Å². The highest BCUT2D eigenvalue weighted by molar-refractivity contribution is 5.65. The van der Waals surface area contributed by atoms with Gasteiger partial charge in [0.25, 0.3) is 0 Å². The summed E-state index contributed by atoms with van der Waals surface area (Å²) in [5, 5.41) is 10.2. The average molecular weight is 298 g/mol. The molecule has 2 rings (SSSR count). The van der Waals surface area contributed by atoms with Crippen molar-refractivity contribution in [3.63, 3.8) is 0 Å². The zero-order valence-corrected chi connectivity index (χ0v) is 13.8. The number of nitrogens with zero attached hydrogens (tertiary/aromatic N) is 2. The van der Waals surface area contributed by atoms with E-state index in [0.29, 0.717) is 5.75 Å². The molecule has 0 fully saturated rings. The van der Waals surface area contributed by atoms with Crippen molar-refractivity contribution in [2.24, 2.45) is 0 Å². The van der Waals surface area contributed by atoms with Crippen molar-refractivity contribution in [2.45, 2.75) is 20.8 Å². The quantitative estimate of drug-likeness (QED) is 0.859. The Kier molecular flexibility index (Phi) is 5.70. The molecule has 1 aliphatic heterocycles. The van der Waals surface area contributed by atoms with Crippen LogP contribution in [0.4, 0.5) is 5.69 Å². The van der Waals surface area contributed by atoms with E-state index in [0.717, 1.165) is 37.4 Å². The third kappa shape index (κ3) is 3.94. The number of hydrogen-bond acceptors (Lipinski definition) is 3. The van der Waals surface area contributed by atoms with Gasteiger partial charge >= 0.3 is 0 Å². The van der Waals surface area contributed by atoms with Crippen LogP contribution in [0.2, 0.25) is 0 Å². The summed E-state index contributed by atoms with van der Waals surface area (Å²) in [4.78, 5) is 4.46. The zero-order valence-electron chi connectivity index (χ0n) is 13.8. The van der Waals surface area contributed by atoms with Crippen molar-refractivity contribution >= 4 is 11.8 Å². The minimum atomic E-state index is 0.330. The van der Waals surface area contributed by atoms with Gasteiger partial charge in [0.2, 0.25) is 0 Å². The third-order valence-corrected chi connectivity index (χ3v) is 4.04. The van der Waals surface area contributed by atoms with E-state index in [1.807, 2.05) is 18.2 Å². The van der Waals surface area contributed by atoms with E-state index in [1.54, 1.807) is 0 Å². The first kappa shape index (κ1) is 16.2. The molecule has 0 aliphatic carbocycles.